The largest absolute Gasteiger partial charge is 0.385 e. The molecule has 4 rings (SSSR count). The number of nitrogens with zero attached hydrogens (tertiary/aromatic N) is 3. The highest BCUT2D eigenvalue weighted by atomic mass is 19.1. The van der Waals surface area contributed by atoms with E-state index in [-0.39, 0.29) is 24.4 Å². The van der Waals surface area contributed by atoms with Crippen LogP contribution in [-0.2, 0) is 14.3 Å². The van der Waals surface area contributed by atoms with E-state index in [1.807, 2.05) is 30.3 Å². The molecule has 0 bridgehead atoms. The van der Waals surface area contributed by atoms with Crippen molar-refractivity contribution in [3.05, 3.63) is 60.4 Å². The standard InChI is InChI=1S/C26H32FN5O4/c1-36-16-6-13-28-23(33)18-31-19-32(22-9-3-2-4-10-22)26(24(31)34)11-14-30(15-12-26)25(35)29-21-8-5-7-20(27)17-21/h2-5,7-10,17H,6,11-16,18-19H2,1H3,(H,28,33)(H,29,35). The van der Waals surface area contributed by atoms with Gasteiger partial charge in [0.05, 0.1) is 6.67 Å². The summed E-state index contributed by atoms with van der Waals surface area (Å²) in [6.07, 6.45) is 1.54. The van der Waals surface area contributed by atoms with Gasteiger partial charge in [-0.25, -0.2) is 9.18 Å². The van der Waals surface area contributed by atoms with Gasteiger partial charge >= 0.3 is 6.03 Å². The number of ether oxygens (including phenoxy) is 1. The molecule has 2 aromatic carbocycles. The average Bonchev–Trinajstić information content (AvgIpc) is 3.13. The molecular weight excluding hydrogens is 465 g/mol. The quantitative estimate of drug-likeness (QED) is 0.547. The fourth-order valence-corrected chi connectivity index (χ4v) is 4.84. The highest BCUT2D eigenvalue weighted by molar-refractivity contribution is 5.96. The fourth-order valence-electron chi connectivity index (χ4n) is 4.84. The van der Waals surface area contributed by atoms with E-state index in [9.17, 15) is 18.8 Å². The first-order valence-electron chi connectivity index (χ1n) is 12.1. The number of para-hydroxylation sites is 1. The number of hydrogen-bond donors (Lipinski definition) is 2. The van der Waals surface area contributed by atoms with Crippen molar-refractivity contribution in [3.63, 3.8) is 0 Å². The van der Waals surface area contributed by atoms with Gasteiger partial charge in [-0.1, -0.05) is 24.3 Å². The number of methoxy groups -OCH3 is 1. The smallest absolute Gasteiger partial charge is 0.321 e. The van der Waals surface area contributed by atoms with Crippen LogP contribution in [0.25, 0.3) is 0 Å². The first-order chi connectivity index (χ1) is 17.4. The Balaban J connectivity index is 1.45. The number of urea groups is 1. The zero-order valence-corrected chi connectivity index (χ0v) is 20.4. The molecule has 0 unspecified atom stereocenters. The first-order valence-corrected chi connectivity index (χ1v) is 12.1. The molecule has 0 radical (unpaired) electrons. The second-order valence-electron chi connectivity index (χ2n) is 9.06. The Morgan fingerprint density at radius 3 is 2.53 bits per heavy atom. The van der Waals surface area contributed by atoms with Crippen LogP contribution in [0.5, 0.6) is 0 Å². The third-order valence-corrected chi connectivity index (χ3v) is 6.72. The van der Waals surface area contributed by atoms with E-state index < -0.39 is 11.4 Å². The summed E-state index contributed by atoms with van der Waals surface area (Å²) < 4.78 is 18.5. The summed E-state index contributed by atoms with van der Waals surface area (Å²) in [5.74, 6) is -0.747. The van der Waals surface area contributed by atoms with Crippen LogP contribution in [0.15, 0.2) is 54.6 Å². The molecule has 2 saturated heterocycles. The summed E-state index contributed by atoms with van der Waals surface area (Å²) in [4.78, 5) is 44.3. The van der Waals surface area contributed by atoms with Crippen molar-refractivity contribution in [2.45, 2.75) is 24.8 Å². The molecular formula is C26H32FN5O4. The summed E-state index contributed by atoms with van der Waals surface area (Å²) in [6.45, 7) is 2.01. The van der Waals surface area contributed by atoms with Crippen LogP contribution in [0, 0.1) is 5.82 Å². The van der Waals surface area contributed by atoms with E-state index >= 15 is 0 Å². The van der Waals surface area contributed by atoms with E-state index in [1.165, 1.54) is 18.2 Å². The van der Waals surface area contributed by atoms with Crippen LogP contribution in [0.2, 0.25) is 0 Å². The number of benzene rings is 2. The van der Waals surface area contributed by atoms with Gasteiger partial charge in [0, 0.05) is 44.7 Å². The molecule has 2 aliphatic heterocycles. The normalized spacial score (nSPS) is 16.9. The number of halogens is 1. The Morgan fingerprint density at radius 2 is 1.83 bits per heavy atom. The number of rotatable bonds is 8. The Hall–Kier alpha value is -3.66. The fraction of sp³-hybridized carbons (Fsp3) is 0.423. The molecule has 0 atom stereocenters. The van der Waals surface area contributed by atoms with Crippen molar-refractivity contribution in [2.75, 3.05) is 56.8 Å². The number of nitrogens with one attached hydrogen (secondary N) is 2. The molecule has 2 heterocycles. The van der Waals surface area contributed by atoms with Crippen LogP contribution < -0.4 is 15.5 Å². The number of carbonyl (C=O) groups excluding carboxylic acids is 3. The predicted octanol–water partition coefficient (Wildman–Crippen LogP) is 2.65. The zero-order chi connectivity index (χ0) is 25.5. The highest BCUT2D eigenvalue weighted by Gasteiger charge is 2.54. The SMILES string of the molecule is COCCCNC(=O)CN1CN(c2ccccc2)C2(CCN(C(=O)Nc3cccc(F)c3)CC2)C1=O. The minimum Gasteiger partial charge on any atom is -0.385 e. The van der Waals surface area contributed by atoms with E-state index in [0.717, 1.165) is 5.69 Å². The number of anilines is 2. The van der Waals surface area contributed by atoms with Gasteiger partial charge in [0.25, 0.3) is 5.91 Å². The summed E-state index contributed by atoms with van der Waals surface area (Å²) >= 11 is 0. The average molecular weight is 498 g/mol. The number of likely N-dealkylation sites (tertiary alicyclic amines) is 1. The summed E-state index contributed by atoms with van der Waals surface area (Å²) in [5.41, 5.74) is 0.435. The predicted molar refractivity (Wildman–Crippen MR) is 134 cm³/mol. The Labute approximate surface area is 210 Å². The summed E-state index contributed by atoms with van der Waals surface area (Å²) in [7, 11) is 1.61. The van der Waals surface area contributed by atoms with E-state index in [1.54, 1.807) is 23.0 Å². The zero-order valence-electron chi connectivity index (χ0n) is 20.4. The van der Waals surface area contributed by atoms with Crippen LogP contribution in [0.1, 0.15) is 19.3 Å². The molecule has 0 saturated carbocycles. The van der Waals surface area contributed by atoms with Gasteiger partial charge < -0.3 is 30.1 Å². The van der Waals surface area contributed by atoms with Gasteiger partial charge in [-0.05, 0) is 49.6 Å². The number of carbonyl (C=O) groups is 3. The number of amides is 4. The van der Waals surface area contributed by atoms with Gasteiger partial charge in [0.2, 0.25) is 5.91 Å². The van der Waals surface area contributed by atoms with Gasteiger partial charge in [-0.15, -0.1) is 0 Å². The lowest BCUT2D eigenvalue weighted by molar-refractivity contribution is -0.137. The number of piperidine rings is 1. The van der Waals surface area contributed by atoms with Crippen molar-refractivity contribution >= 4 is 29.2 Å². The maximum atomic E-state index is 13.7. The number of hydrogen-bond acceptors (Lipinski definition) is 5. The minimum absolute atomic E-state index is 0.0271. The molecule has 4 amide bonds. The van der Waals surface area contributed by atoms with Crippen molar-refractivity contribution in [2.24, 2.45) is 0 Å². The molecule has 2 fully saturated rings. The molecule has 2 aliphatic rings. The molecule has 9 nitrogen and oxygen atoms in total. The third-order valence-electron chi connectivity index (χ3n) is 6.72. The lowest BCUT2D eigenvalue weighted by Crippen LogP contribution is -2.58. The molecule has 1 spiro atoms. The van der Waals surface area contributed by atoms with Crippen molar-refractivity contribution in [3.8, 4) is 0 Å². The Kier molecular flexibility index (Phi) is 8.04. The lowest BCUT2D eigenvalue weighted by atomic mass is 9.85. The topological polar surface area (TPSA) is 94.2 Å². The molecule has 0 aromatic heterocycles. The Bertz CT molecular complexity index is 1080. The molecule has 2 aromatic rings. The van der Waals surface area contributed by atoms with Crippen LogP contribution in [-0.4, -0.2) is 79.7 Å². The molecule has 0 aliphatic carbocycles. The van der Waals surface area contributed by atoms with Crippen molar-refractivity contribution < 1.29 is 23.5 Å². The molecule has 192 valence electrons. The van der Waals surface area contributed by atoms with Gasteiger partial charge in [0.1, 0.15) is 17.9 Å². The van der Waals surface area contributed by atoms with Crippen molar-refractivity contribution in [1.29, 1.82) is 0 Å². The van der Waals surface area contributed by atoms with Crippen LogP contribution in [0.4, 0.5) is 20.6 Å². The van der Waals surface area contributed by atoms with Gasteiger partial charge in [0.15, 0.2) is 0 Å². The Morgan fingerprint density at radius 1 is 1.08 bits per heavy atom. The minimum atomic E-state index is -0.840. The van der Waals surface area contributed by atoms with Gasteiger partial charge in [-0.2, -0.15) is 0 Å². The second-order valence-corrected chi connectivity index (χ2v) is 9.06. The summed E-state index contributed by atoms with van der Waals surface area (Å²) in [5, 5.41) is 5.57. The van der Waals surface area contributed by atoms with Crippen LogP contribution >= 0.6 is 0 Å². The first kappa shape index (κ1) is 25.4. The van der Waals surface area contributed by atoms with Crippen LogP contribution in [0.3, 0.4) is 0 Å². The van der Waals surface area contributed by atoms with E-state index in [2.05, 4.69) is 15.5 Å². The summed E-state index contributed by atoms with van der Waals surface area (Å²) in [6, 6.07) is 15.1. The van der Waals surface area contributed by atoms with Crippen molar-refractivity contribution in [1.82, 2.24) is 15.1 Å². The highest BCUT2D eigenvalue weighted by Crippen LogP contribution is 2.39. The molecule has 2 N–H and O–H groups in total. The van der Waals surface area contributed by atoms with E-state index in [4.69, 9.17) is 4.74 Å². The van der Waals surface area contributed by atoms with Gasteiger partial charge in [-0.3, -0.25) is 9.59 Å². The van der Waals surface area contributed by atoms with E-state index in [0.29, 0.717) is 57.9 Å². The maximum Gasteiger partial charge on any atom is 0.321 e. The molecule has 10 heteroatoms. The third kappa shape index (κ3) is 5.59. The lowest BCUT2D eigenvalue weighted by Gasteiger charge is -2.43. The monoisotopic (exact) mass is 497 g/mol. The maximum absolute atomic E-state index is 13.7. The molecule has 36 heavy (non-hydrogen) atoms. The second kappa shape index (κ2) is 11.4.